The molecule has 1 heterocycles. The maximum Gasteiger partial charge on any atom is 0.118 e. The Morgan fingerprint density at radius 3 is 2.56 bits per heavy atom. The summed E-state index contributed by atoms with van der Waals surface area (Å²) >= 11 is 0. The fourth-order valence-electron chi connectivity index (χ4n) is 2.36. The number of ether oxygens (including phenoxy) is 1. The Morgan fingerprint density at radius 2 is 2.00 bits per heavy atom. The van der Waals surface area contributed by atoms with Gasteiger partial charge in [-0.3, -0.25) is 4.90 Å². The number of hydrogen-bond acceptors (Lipinski definition) is 4. The van der Waals surface area contributed by atoms with Gasteiger partial charge in [0.15, 0.2) is 0 Å². The lowest BCUT2D eigenvalue weighted by Gasteiger charge is -2.34. The van der Waals surface area contributed by atoms with Gasteiger partial charge in [0, 0.05) is 32.2 Å². The van der Waals surface area contributed by atoms with Gasteiger partial charge < -0.3 is 10.1 Å². The number of benzene rings is 1. The van der Waals surface area contributed by atoms with Crippen LogP contribution in [0, 0.1) is 11.3 Å². The van der Waals surface area contributed by atoms with Crippen molar-refractivity contribution in [3.63, 3.8) is 0 Å². The monoisotopic (exact) mass is 245 g/mol. The van der Waals surface area contributed by atoms with Crippen molar-refractivity contribution in [2.75, 3.05) is 33.3 Å². The number of hydrogen-bond donors (Lipinski definition) is 1. The van der Waals surface area contributed by atoms with Gasteiger partial charge in [0.1, 0.15) is 5.75 Å². The van der Waals surface area contributed by atoms with Gasteiger partial charge >= 0.3 is 0 Å². The van der Waals surface area contributed by atoms with E-state index in [0.717, 1.165) is 31.9 Å². The third-order valence-electron chi connectivity index (χ3n) is 3.38. The average Bonchev–Trinajstić information content (AvgIpc) is 2.46. The average molecular weight is 245 g/mol. The molecule has 18 heavy (non-hydrogen) atoms. The molecule has 1 atom stereocenters. The van der Waals surface area contributed by atoms with Gasteiger partial charge in [-0.05, 0) is 17.7 Å². The van der Waals surface area contributed by atoms with Crippen LogP contribution < -0.4 is 10.1 Å². The molecule has 1 fully saturated rings. The van der Waals surface area contributed by atoms with Gasteiger partial charge in [0.25, 0.3) is 0 Å². The third kappa shape index (κ3) is 3.00. The van der Waals surface area contributed by atoms with Crippen molar-refractivity contribution in [1.29, 1.82) is 5.26 Å². The standard InChI is InChI=1S/C14H19N3O/c1-18-13-4-2-12(3-5-13)14(6-7-15)17-10-8-16-9-11-17/h2-5,14,16H,6,8-11H2,1H3/t14-/m1/s1. The fourth-order valence-corrected chi connectivity index (χ4v) is 2.36. The summed E-state index contributed by atoms with van der Waals surface area (Å²) in [5.74, 6) is 0.856. The molecule has 0 aliphatic carbocycles. The zero-order valence-corrected chi connectivity index (χ0v) is 10.7. The molecule has 1 saturated heterocycles. The molecule has 2 rings (SSSR count). The van der Waals surface area contributed by atoms with Crippen molar-refractivity contribution < 1.29 is 4.74 Å². The molecule has 0 radical (unpaired) electrons. The smallest absolute Gasteiger partial charge is 0.118 e. The molecule has 0 spiro atoms. The minimum atomic E-state index is 0.197. The van der Waals surface area contributed by atoms with Crippen molar-refractivity contribution in [3.8, 4) is 11.8 Å². The fraction of sp³-hybridized carbons (Fsp3) is 0.500. The van der Waals surface area contributed by atoms with Crippen molar-refractivity contribution in [2.45, 2.75) is 12.5 Å². The van der Waals surface area contributed by atoms with E-state index in [-0.39, 0.29) is 6.04 Å². The quantitative estimate of drug-likeness (QED) is 0.874. The second-order valence-electron chi connectivity index (χ2n) is 4.44. The van der Waals surface area contributed by atoms with Gasteiger partial charge in [-0.25, -0.2) is 0 Å². The minimum Gasteiger partial charge on any atom is -0.497 e. The lowest BCUT2D eigenvalue weighted by Crippen LogP contribution is -2.45. The molecule has 0 aromatic heterocycles. The summed E-state index contributed by atoms with van der Waals surface area (Å²) in [4.78, 5) is 2.38. The summed E-state index contributed by atoms with van der Waals surface area (Å²) in [6.45, 7) is 3.99. The number of nitrogens with zero attached hydrogens (tertiary/aromatic N) is 2. The molecule has 1 aliphatic heterocycles. The topological polar surface area (TPSA) is 48.3 Å². The van der Waals surface area contributed by atoms with Crippen LogP contribution in [0.3, 0.4) is 0 Å². The summed E-state index contributed by atoms with van der Waals surface area (Å²) in [5, 5.41) is 12.3. The summed E-state index contributed by atoms with van der Waals surface area (Å²) in [6, 6.07) is 10.5. The summed E-state index contributed by atoms with van der Waals surface area (Å²) < 4.78 is 5.17. The van der Waals surface area contributed by atoms with Crippen LogP contribution in [0.5, 0.6) is 5.75 Å². The van der Waals surface area contributed by atoms with Crippen molar-refractivity contribution in [1.82, 2.24) is 10.2 Å². The van der Waals surface area contributed by atoms with Crippen LogP contribution in [-0.2, 0) is 0 Å². The first-order chi connectivity index (χ1) is 8.85. The molecule has 0 amide bonds. The summed E-state index contributed by atoms with van der Waals surface area (Å²) in [6.07, 6.45) is 0.534. The van der Waals surface area contributed by atoms with Crippen LogP contribution in [-0.4, -0.2) is 38.2 Å². The van der Waals surface area contributed by atoms with Crippen molar-refractivity contribution in [2.24, 2.45) is 0 Å². The van der Waals surface area contributed by atoms with E-state index < -0.39 is 0 Å². The molecule has 0 bridgehead atoms. The molecule has 1 aliphatic rings. The second-order valence-corrected chi connectivity index (χ2v) is 4.44. The van der Waals surface area contributed by atoms with Crippen LogP contribution in [0.1, 0.15) is 18.0 Å². The van der Waals surface area contributed by atoms with E-state index in [4.69, 9.17) is 10.00 Å². The first-order valence-corrected chi connectivity index (χ1v) is 6.31. The van der Waals surface area contributed by atoms with Crippen LogP contribution in [0.2, 0.25) is 0 Å². The molecule has 96 valence electrons. The van der Waals surface area contributed by atoms with Gasteiger partial charge in [0.2, 0.25) is 0 Å². The Labute approximate surface area is 108 Å². The number of methoxy groups -OCH3 is 1. The van der Waals surface area contributed by atoms with Crippen LogP contribution in [0.15, 0.2) is 24.3 Å². The highest BCUT2D eigenvalue weighted by atomic mass is 16.5. The van der Waals surface area contributed by atoms with Crippen LogP contribution in [0.4, 0.5) is 0 Å². The predicted octanol–water partition coefficient (Wildman–Crippen LogP) is 1.56. The minimum absolute atomic E-state index is 0.197. The lowest BCUT2D eigenvalue weighted by molar-refractivity contribution is 0.175. The zero-order chi connectivity index (χ0) is 12.8. The van der Waals surface area contributed by atoms with E-state index in [9.17, 15) is 0 Å². The first kappa shape index (κ1) is 12.9. The normalized spacial score (nSPS) is 18.0. The Balaban J connectivity index is 2.14. The Bertz CT molecular complexity index is 404. The summed E-state index contributed by atoms with van der Waals surface area (Å²) in [5.41, 5.74) is 1.19. The van der Waals surface area contributed by atoms with E-state index in [1.165, 1.54) is 5.56 Å². The molecular weight excluding hydrogens is 226 g/mol. The third-order valence-corrected chi connectivity index (χ3v) is 3.38. The maximum absolute atomic E-state index is 9.01. The molecule has 1 aromatic rings. The van der Waals surface area contributed by atoms with Gasteiger partial charge in [0.05, 0.1) is 19.6 Å². The Morgan fingerprint density at radius 1 is 1.33 bits per heavy atom. The highest BCUT2D eigenvalue weighted by molar-refractivity contribution is 5.29. The molecule has 4 heteroatoms. The SMILES string of the molecule is COc1ccc([C@@H](CC#N)N2CCNCC2)cc1. The zero-order valence-electron chi connectivity index (χ0n) is 10.7. The number of nitriles is 1. The molecule has 1 aromatic carbocycles. The highest BCUT2D eigenvalue weighted by Gasteiger charge is 2.21. The number of nitrogens with one attached hydrogen (secondary N) is 1. The highest BCUT2D eigenvalue weighted by Crippen LogP contribution is 2.26. The molecule has 4 nitrogen and oxygen atoms in total. The van der Waals surface area contributed by atoms with E-state index in [2.05, 4.69) is 28.4 Å². The van der Waals surface area contributed by atoms with Crippen molar-refractivity contribution >= 4 is 0 Å². The maximum atomic E-state index is 9.01. The molecular formula is C14H19N3O. The first-order valence-electron chi connectivity index (χ1n) is 6.31. The van der Waals surface area contributed by atoms with E-state index >= 15 is 0 Å². The Kier molecular flexibility index (Phi) is 4.57. The lowest BCUT2D eigenvalue weighted by atomic mass is 10.0. The van der Waals surface area contributed by atoms with E-state index in [0.29, 0.717) is 6.42 Å². The number of rotatable bonds is 4. The Hall–Kier alpha value is -1.57. The van der Waals surface area contributed by atoms with Gasteiger partial charge in [-0.1, -0.05) is 12.1 Å². The van der Waals surface area contributed by atoms with Crippen LogP contribution in [0.25, 0.3) is 0 Å². The van der Waals surface area contributed by atoms with Crippen molar-refractivity contribution in [3.05, 3.63) is 29.8 Å². The molecule has 0 unspecified atom stereocenters. The van der Waals surface area contributed by atoms with Gasteiger partial charge in [-0.2, -0.15) is 5.26 Å². The number of piperazine rings is 1. The molecule has 0 saturated carbocycles. The molecule has 1 N–H and O–H groups in total. The summed E-state index contributed by atoms with van der Waals surface area (Å²) in [7, 11) is 1.66. The van der Waals surface area contributed by atoms with E-state index in [1.54, 1.807) is 7.11 Å². The van der Waals surface area contributed by atoms with Gasteiger partial charge in [-0.15, -0.1) is 0 Å². The van der Waals surface area contributed by atoms with E-state index in [1.807, 2.05) is 12.1 Å². The second kappa shape index (κ2) is 6.39. The largest absolute Gasteiger partial charge is 0.497 e. The predicted molar refractivity (Wildman–Crippen MR) is 70.4 cm³/mol. The van der Waals surface area contributed by atoms with Crippen LogP contribution >= 0.6 is 0 Å².